The van der Waals surface area contributed by atoms with Crippen LogP contribution in [0.15, 0.2) is 22.9 Å². The highest BCUT2D eigenvalue weighted by atomic mass is 79.9. The van der Waals surface area contributed by atoms with Gasteiger partial charge < -0.3 is 10.4 Å². The largest absolute Gasteiger partial charge is 0.480 e. The Morgan fingerprint density at radius 1 is 1.50 bits per heavy atom. The number of carbonyl (C=O) groups excluding carboxylic acids is 1. The predicted molar refractivity (Wildman–Crippen MR) is 62.0 cm³/mol. The minimum Gasteiger partial charge on any atom is -0.480 e. The molecule has 0 unspecified atom stereocenters. The molecule has 2 N–H and O–H groups in total. The fourth-order valence-electron chi connectivity index (χ4n) is 0.852. The molecular formula is C10H11BrN2O3. The van der Waals surface area contributed by atoms with Crippen LogP contribution in [0.1, 0.15) is 13.8 Å². The van der Waals surface area contributed by atoms with E-state index in [-0.39, 0.29) is 0 Å². The van der Waals surface area contributed by atoms with Crippen molar-refractivity contribution < 1.29 is 14.7 Å². The van der Waals surface area contributed by atoms with Crippen LogP contribution < -0.4 is 5.32 Å². The highest BCUT2D eigenvalue weighted by Gasteiger charge is 2.36. The summed E-state index contributed by atoms with van der Waals surface area (Å²) in [6.07, 6.45) is 3.03. The molecule has 0 aliphatic heterocycles. The van der Waals surface area contributed by atoms with Crippen LogP contribution in [0.3, 0.4) is 0 Å². The van der Waals surface area contributed by atoms with Crippen molar-refractivity contribution >= 4 is 33.5 Å². The van der Waals surface area contributed by atoms with Crippen LogP contribution in [0.4, 0.5) is 5.69 Å². The summed E-state index contributed by atoms with van der Waals surface area (Å²) < 4.78 is 0.601. The third-order valence-electron chi connectivity index (χ3n) is 2.12. The number of aliphatic carboxylic acids is 1. The van der Waals surface area contributed by atoms with E-state index in [4.69, 9.17) is 5.11 Å². The molecule has 0 fully saturated rings. The predicted octanol–water partition coefficient (Wildman–Crippen LogP) is 1.89. The lowest BCUT2D eigenvalue weighted by Gasteiger charge is -2.18. The number of amides is 1. The summed E-state index contributed by atoms with van der Waals surface area (Å²) >= 11 is 3.20. The minimum atomic E-state index is -1.47. The molecular weight excluding hydrogens is 276 g/mol. The van der Waals surface area contributed by atoms with Gasteiger partial charge in [0.05, 0.1) is 10.2 Å². The molecule has 0 saturated carbocycles. The molecule has 1 amide bonds. The Hall–Kier alpha value is -1.43. The summed E-state index contributed by atoms with van der Waals surface area (Å²) in [6.45, 7) is 2.69. The number of carbonyl (C=O) groups is 2. The molecule has 1 aromatic heterocycles. The summed E-state index contributed by atoms with van der Waals surface area (Å²) in [6, 6.07) is 1.58. The van der Waals surface area contributed by atoms with Gasteiger partial charge in [0.15, 0.2) is 0 Å². The van der Waals surface area contributed by atoms with E-state index >= 15 is 0 Å². The van der Waals surface area contributed by atoms with Crippen LogP contribution in [-0.2, 0) is 9.59 Å². The van der Waals surface area contributed by atoms with Crippen LogP contribution in [0.5, 0.6) is 0 Å². The number of hydrogen-bond acceptors (Lipinski definition) is 3. The first-order valence-electron chi connectivity index (χ1n) is 4.50. The summed E-state index contributed by atoms with van der Waals surface area (Å²) in [5.41, 5.74) is -0.975. The molecule has 5 nitrogen and oxygen atoms in total. The lowest BCUT2D eigenvalue weighted by molar-refractivity contribution is -0.151. The topological polar surface area (TPSA) is 79.3 Å². The lowest BCUT2D eigenvalue weighted by atomic mass is 9.92. The van der Waals surface area contributed by atoms with E-state index in [2.05, 4.69) is 26.2 Å². The summed E-state index contributed by atoms with van der Waals surface area (Å²) in [4.78, 5) is 26.4. The van der Waals surface area contributed by atoms with Gasteiger partial charge in [-0.2, -0.15) is 0 Å². The second kappa shape index (κ2) is 4.61. The average Bonchev–Trinajstić information content (AvgIpc) is 2.21. The number of nitrogens with zero attached hydrogens (tertiary/aromatic N) is 1. The number of rotatable bonds is 3. The van der Waals surface area contributed by atoms with Gasteiger partial charge in [0, 0.05) is 12.4 Å². The Kier molecular flexibility index (Phi) is 3.64. The first-order valence-corrected chi connectivity index (χ1v) is 5.29. The van der Waals surface area contributed by atoms with E-state index in [1.54, 1.807) is 6.07 Å². The second-order valence-corrected chi connectivity index (χ2v) is 4.59. The Morgan fingerprint density at radius 3 is 2.62 bits per heavy atom. The van der Waals surface area contributed by atoms with E-state index in [0.29, 0.717) is 10.2 Å². The Labute approximate surface area is 101 Å². The zero-order valence-electron chi connectivity index (χ0n) is 8.82. The number of carboxylic acids is 1. The fourth-order valence-corrected chi connectivity index (χ4v) is 1.20. The first kappa shape index (κ1) is 12.6. The lowest BCUT2D eigenvalue weighted by Crippen LogP contribution is -2.37. The fraction of sp³-hybridized carbons (Fsp3) is 0.300. The number of hydrogen-bond donors (Lipinski definition) is 2. The molecule has 0 aliphatic carbocycles. The van der Waals surface area contributed by atoms with Gasteiger partial charge >= 0.3 is 5.97 Å². The van der Waals surface area contributed by atoms with Crippen LogP contribution in [0, 0.1) is 5.41 Å². The zero-order chi connectivity index (χ0) is 12.3. The molecule has 0 spiro atoms. The van der Waals surface area contributed by atoms with Crippen LogP contribution in [0.25, 0.3) is 0 Å². The minimum absolute atomic E-state index is 0.495. The molecule has 1 aromatic rings. The monoisotopic (exact) mass is 286 g/mol. The average molecular weight is 287 g/mol. The van der Waals surface area contributed by atoms with Crippen molar-refractivity contribution in [3.63, 3.8) is 0 Å². The van der Waals surface area contributed by atoms with Crippen LogP contribution in [0.2, 0.25) is 0 Å². The quantitative estimate of drug-likeness (QED) is 0.832. The van der Waals surface area contributed by atoms with Gasteiger partial charge in [-0.15, -0.1) is 0 Å². The van der Waals surface area contributed by atoms with Gasteiger partial charge in [0.25, 0.3) is 0 Å². The molecule has 86 valence electrons. The molecule has 0 radical (unpaired) electrons. The van der Waals surface area contributed by atoms with Crippen molar-refractivity contribution in [3.05, 3.63) is 22.9 Å². The number of halogens is 1. The maximum Gasteiger partial charge on any atom is 0.318 e. The van der Waals surface area contributed by atoms with Crippen molar-refractivity contribution in [2.45, 2.75) is 13.8 Å². The Morgan fingerprint density at radius 2 is 2.12 bits per heavy atom. The maximum absolute atomic E-state index is 11.7. The zero-order valence-corrected chi connectivity index (χ0v) is 10.4. The second-order valence-electron chi connectivity index (χ2n) is 3.74. The maximum atomic E-state index is 11.7. The summed E-state index contributed by atoms with van der Waals surface area (Å²) in [5.74, 6) is -1.75. The van der Waals surface area contributed by atoms with Crippen molar-refractivity contribution in [3.8, 4) is 0 Å². The highest BCUT2D eigenvalue weighted by molar-refractivity contribution is 9.10. The number of aromatic nitrogens is 1. The van der Waals surface area contributed by atoms with E-state index in [0.717, 1.165) is 0 Å². The third-order valence-corrected chi connectivity index (χ3v) is 2.75. The molecule has 0 saturated heterocycles. The van der Waals surface area contributed by atoms with Crippen LogP contribution >= 0.6 is 15.9 Å². The van der Waals surface area contributed by atoms with Gasteiger partial charge in [-0.3, -0.25) is 14.6 Å². The van der Waals surface area contributed by atoms with Gasteiger partial charge in [-0.1, -0.05) is 0 Å². The smallest absolute Gasteiger partial charge is 0.318 e. The van der Waals surface area contributed by atoms with Crippen molar-refractivity contribution in [2.75, 3.05) is 5.32 Å². The highest BCUT2D eigenvalue weighted by Crippen LogP contribution is 2.23. The first-order chi connectivity index (χ1) is 7.35. The third kappa shape index (κ3) is 2.57. The Bertz CT molecular complexity index is 432. The normalized spacial score (nSPS) is 10.9. The number of nitrogens with one attached hydrogen (secondary N) is 1. The molecule has 16 heavy (non-hydrogen) atoms. The van der Waals surface area contributed by atoms with E-state index in [1.807, 2.05) is 0 Å². The number of pyridine rings is 1. The van der Waals surface area contributed by atoms with Crippen molar-refractivity contribution in [2.24, 2.45) is 5.41 Å². The van der Waals surface area contributed by atoms with Crippen molar-refractivity contribution in [1.82, 2.24) is 4.98 Å². The summed E-state index contributed by atoms with van der Waals surface area (Å²) in [5, 5.41) is 11.4. The van der Waals surface area contributed by atoms with E-state index < -0.39 is 17.3 Å². The van der Waals surface area contributed by atoms with Crippen LogP contribution in [-0.4, -0.2) is 22.0 Å². The molecule has 0 aromatic carbocycles. The summed E-state index contributed by atoms with van der Waals surface area (Å²) in [7, 11) is 0. The van der Waals surface area contributed by atoms with E-state index in [1.165, 1.54) is 26.2 Å². The molecule has 0 bridgehead atoms. The molecule has 0 aliphatic rings. The molecule has 6 heteroatoms. The standard InChI is InChI=1S/C10H11BrN2O3/c1-10(2,9(15)16)8(14)13-7-3-4-12-5-6(7)11/h3-5H,1-2H3,(H,15,16)(H,12,13,14). The SMILES string of the molecule is CC(C)(C(=O)O)C(=O)Nc1ccncc1Br. The number of anilines is 1. The molecule has 1 heterocycles. The molecule has 0 atom stereocenters. The Balaban J connectivity index is 2.88. The van der Waals surface area contributed by atoms with E-state index in [9.17, 15) is 9.59 Å². The van der Waals surface area contributed by atoms with Gasteiger partial charge in [0.2, 0.25) is 5.91 Å². The van der Waals surface area contributed by atoms with Gasteiger partial charge in [0.1, 0.15) is 5.41 Å². The van der Waals surface area contributed by atoms with Crippen molar-refractivity contribution in [1.29, 1.82) is 0 Å². The molecule has 1 rings (SSSR count). The van der Waals surface area contributed by atoms with Gasteiger partial charge in [-0.05, 0) is 35.8 Å². The van der Waals surface area contributed by atoms with Gasteiger partial charge in [-0.25, -0.2) is 0 Å². The number of carboxylic acid groups (broad SMARTS) is 1.